The first-order valence-corrected chi connectivity index (χ1v) is 8.47. The Kier molecular flexibility index (Phi) is 4.23. The van der Waals surface area contributed by atoms with Crippen LogP contribution >= 0.6 is 0 Å². The van der Waals surface area contributed by atoms with Crippen molar-refractivity contribution in [1.29, 1.82) is 0 Å². The Labute approximate surface area is 144 Å². The molecule has 1 aromatic carbocycles. The van der Waals surface area contributed by atoms with Gasteiger partial charge in [0, 0.05) is 23.2 Å². The van der Waals surface area contributed by atoms with Crippen molar-refractivity contribution in [2.24, 2.45) is 0 Å². The van der Waals surface area contributed by atoms with Crippen molar-refractivity contribution in [2.75, 3.05) is 6.61 Å². The summed E-state index contributed by atoms with van der Waals surface area (Å²) in [7, 11) is 0. The smallest absolute Gasteiger partial charge is 0.255 e. The quantitative estimate of drug-likeness (QED) is 0.744. The first-order valence-electron chi connectivity index (χ1n) is 8.47. The predicted molar refractivity (Wildman–Crippen MR) is 90.8 cm³/mol. The van der Waals surface area contributed by atoms with Crippen LogP contribution in [0, 0.1) is 6.92 Å². The average Bonchev–Trinajstić information content (AvgIpc) is 3.33. The third-order valence-electron chi connectivity index (χ3n) is 4.50. The molecule has 130 valence electrons. The number of aromatic amines is 1. The Morgan fingerprint density at radius 1 is 1.40 bits per heavy atom. The fraction of sp³-hybridized carbons (Fsp3) is 0.389. The van der Waals surface area contributed by atoms with Crippen molar-refractivity contribution in [3.8, 4) is 0 Å². The molecule has 2 N–H and O–H groups in total. The van der Waals surface area contributed by atoms with E-state index in [1.54, 1.807) is 0 Å². The van der Waals surface area contributed by atoms with Crippen LogP contribution in [0.5, 0.6) is 0 Å². The van der Waals surface area contributed by atoms with Crippen LogP contribution < -0.4 is 5.32 Å². The van der Waals surface area contributed by atoms with Crippen molar-refractivity contribution >= 4 is 16.8 Å². The van der Waals surface area contributed by atoms with E-state index in [2.05, 4.69) is 20.4 Å². The van der Waals surface area contributed by atoms with Gasteiger partial charge < -0.3 is 19.6 Å². The van der Waals surface area contributed by atoms with Crippen molar-refractivity contribution < 1.29 is 14.1 Å². The molecule has 0 saturated carbocycles. The Morgan fingerprint density at radius 2 is 2.28 bits per heavy atom. The summed E-state index contributed by atoms with van der Waals surface area (Å²) in [5, 5.41) is 7.84. The summed E-state index contributed by atoms with van der Waals surface area (Å²) in [5.41, 5.74) is 3.07. The molecule has 7 nitrogen and oxygen atoms in total. The van der Waals surface area contributed by atoms with Crippen LogP contribution in [0.1, 0.15) is 41.9 Å². The number of carbonyl (C=O) groups is 1. The maximum Gasteiger partial charge on any atom is 0.255 e. The molecule has 0 aliphatic carbocycles. The number of rotatable bonds is 5. The number of para-hydroxylation sites is 1. The summed E-state index contributed by atoms with van der Waals surface area (Å²) in [6.07, 6.45) is 2.11. The summed E-state index contributed by atoms with van der Waals surface area (Å²) in [4.78, 5) is 19.9. The number of nitrogens with one attached hydrogen (secondary N) is 2. The molecule has 0 spiro atoms. The zero-order valence-corrected chi connectivity index (χ0v) is 14.0. The van der Waals surface area contributed by atoms with E-state index in [1.165, 1.54) is 0 Å². The highest BCUT2D eigenvalue weighted by Gasteiger charge is 2.24. The number of hydrogen-bond acceptors (Lipinski definition) is 5. The molecule has 0 radical (unpaired) electrons. The normalized spacial score (nSPS) is 17.2. The predicted octanol–water partition coefficient (Wildman–Crippen LogP) is 2.57. The molecule has 1 amide bonds. The lowest BCUT2D eigenvalue weighted by Crippen LogP contribution is -2.25. The second kappa shape index (κ2) is 6.68. The molecule has 1 atom stereocenters. The molecular formula is C18H20N4O3. The molecular weight excluding hydrogens is 320 g/mol. The SMILES string of the molecule is Cc1[nH]c2ccccc2c1CC(=O)NCc1noc(C2CCCO2)n1. The van der Waals surface area contributed by atoms with E-state index in [0.29, 0.717) is 18.1 Å². The minimum atomic E-state index is -0.106. The van der Waals surface area contributed by atoms with Crippen molar-refractivity contribution in [2.45, 2.75) is 38.8 Å². The van der Waals surface area contributed by atoms with Crippen molar-refractivity contribution in [3.63, 3.8) is 0 Å². The summed E-state index contributed by atoms with van der Waals surface area (Å²) in [6, 6.07) is 7.98. The lowest BCUT2D eigenvalue weighted by molar-refractivity contribution is -0.120. The third-order valence-corrected chi connectivity index (χ3v) is 4.50. The number of aryl methyl sites for hydroxylation is 1. The van der Waals surface area contributed by atoms with Gasteiger partial charge in [0.15, 0.2) is 5.82 Å². The molecule has 2 aromatic heterocycles. The number of amides is 1. The van der Waals surface area contributed by atoms with Crippen molar-refractivity contribution in [1.82, 2.24) is 20.4 Å². The van der Waals surface area contributed by atoms with Crippen molar-refractivity contribution in [3.05, 3.63) is 47.2 Å². The molecule has 1 unspecified atom stereocenters. The van der Waals surface area contributed by atoms with Crippen LogP contribution in [0.15, 0.2) is 28.8 Å². The fourth-order valence-electron chi connectivity index (χ4n) is 3.21. The number of hydrogen-bond donors (Lipinski definition) is 2. The second-order valence-electron chi connectivity index (χ2n) is 6.28. The Morgan fingerprint density at radius 3 is 3.12 bits per heavy atom. The molecule has 3 heterocycles. The topological polar surface area (TPSA) is 93.0 Å². The van der Waals surface area contributed by atoms with Gasteiger partial charge in [0.25, 0.3) is 5.89 Å². The minimum absolute atomic E-state index is 0.0729. The van der Waals surface area contributed by atoms with E-state index in [4.69, 9.17) is 9.26 Å². The second-order valence-corrected chi connectivity index (χ2v) is 6.28. The molecule has 0 bridgehead atoms. The van der Waals surface area contributed by atoms with Crippen LogP contribution in [0.3, 0.4) is 0 Å². The average molecular weight is 340 g/mol. The van der Waals surface area contributed by atoms with E-state index >= 15 is 0 Å². The van der Waals surface area contributed by atoms with Gasteiger partial charge in [-0.15, -0.1) is 0 Å². The molecule has 1 aliphatic heterocycles. The summed E-state index contributed by atoms with van der Waals surface area (Å²) >= 11 is 0. The van der Waals surface area contributed by atoms with E-state index in [-0.39, 0.29) is 18.6 Å². The number of nitrogens with zero attached hydrogens (tertiary/aromatic N) is 2. The molecule has 1 fully saturated rings. The number of benzene rings is 1. The summed E-state index contributed by atoms with van der Waals surface area (Å²) < 4.78 is 10.7. The number of aromatic nitrogens is 3. The fourth-order valence-corrected chi connectivity index (χ4v) is 3.21. The molecule has 1 saturated heterocycles. The highest BCUT2D eigenvalue weighted by molar-refractivity contribution is 5.90. The van der Waals surface area contributed by atoms with Crippen LogP contribution in [0.25, 0.3) is 10.9 Å². The highest BCUT2D eigenvalue weighted by Crippen LogP contribution is 2.27. The van der Waals surface area contributed by atoms with Crippen LogP contribution in [0.2, 0.25) is 0 Å². The molecule has 7 heteroatoms. The maximum absolute atomic E-state index is 12.3. The van der Waals surface area contributed by atoms with Crippen LogP contribution in [-0.2, 0) is 22.5 Å². The van der Waals surface area contributed by atoms with E-state index in [0.717, 1.165) is 41.6 Å². The van der Waals surface area contributed by atoms with Gasteiger partial charge in [-0.2, -0.15) is 4.98 Å². The lowest BCUT2D eigenvalue weighted by Gasteiger charge is -2.03. The minimum Gasteiger partial charge on any atom is -0.368 e. The van der Waals surface area contributed by atoms with Gasteiger partial charge in [-0.25, -0.2) is 0 Å². The zero-order valence-electron chi connectivity index (χ0n) is 14.0. The first-order chi connectivity index (χ1) is 12.2. The number of fused-ring (bicyclic) bond motifs is 1. The Bertz CT molecular complexity index is 893. The van der Waals surface area contributed by atoms with E-state index < -0.39 is 0 Å². The van der Waals surface area contributed by atoms with Gasteiger partial charge in [-0.05, 0) is 31.4 Å². The van der Waals surface area contributed by atoms with Gasteiger partial charge >= 0.3 is 0 Å². The van der Waals surface area contributed by atoms with Gasteiger partial charge in [0.05, 0.1) is 13.0 Å². The Balaban J connectivity index is 1.38. The third kappa shape index (κ3) is 3.28. The maximum atomic E-state index is 12.3. The molecule has 25 heavy (non-hydrogen) atoms. The van der Waals surface area contributed by atoms with Crippen LogP contribution in [-0.4, -0.2) is 27.6 Å². The Hall–Kier alpha value is -2.67. The van der Waals surface area contributed by atoms with E-state index in [9.17, 15) is 4.79 Å². The molecule has 4 rings (SSSR count). The largest absolute Gasteiger partial charge is 0.368 e. The zero-order chi connectivity index (χ0) is 17.2. The number of H-pyrrole nitrogens is 1. The number of carbonyl (C=O) groups excluding carboxylic acids is 1. The van der Waals surface area contributed by atoms with Gasteiger partial charge in [0.2, 0.25) is 5.91 Å². The van der Waals surface area contributed by atoms with Gasteiger partial charge in [-0.3, -0.25) is 4.79 Å². The van der Waals surface area contributed by atoms with Gasteiger partial charge in [0.1, 0.15) is 6.10 Å². The lowest BCUT2D eigenvalue weighted by atomic mass is 10.1. The number of ether oxygens (including phenoxy) is 1. The van der Waals surface area contributed by atoms with Crippen LogP contribution in [0.4, 0.5) is 0 Å². The summed E-state index contributed by atoms with van der Waals surface area (Å²) in [5.74, 6) is 0.889. The van der Waals surface area contributed by atoms with Gasteiger partial charge in [-0.1, -0.05) is 23.4 Å². The van der Waals surface area contributed by atoms with E-state index in [1.807, 2.05) is 31.2 Å². The first kappa shape index (κ1) is 15.8. The highest BCUT2D eigenvalue weighted by atomic mass is 16.5. The summed E-state index contributed by atoms with van der Waals surface area (Å²) in [6.45, 7) is 2.95. The monoisotopic (exact) mass is 340 g/mol. The molecule has 1 aliphatic rings. The molecule has 3 aromatic rings. The standard InChI is InChI=1S/C18H20N4O3/c1-11-13(12-5-2-3-6-14(12)20-11)9-17(23)19-10-16-21-18(25-22-16)15-7-4-8-24-15/h2-3,5-6,15,20H,4,7-10H2,1H3,(H,19,23).